The van der Waals surface area contributed by atoms with Gasteiger partial charge in [-0.05, 0) is 30.0 Å². The highest BCUT2D eigenvalue weighted by Crippen LogP contribution is 2.33. The largest absolute Gasteiger partial charge is 0.507 e. The van der Waals surface area contributed by atoms with Gasteiger partial charge in [-0.2, -0.15) is 16.3 Å². The van der Waals surface area contributed by atoms with Crippen LogP contribution in [0.15, 0.2) is 33.5 Å². The molecule has 0 atom stereocenters. The molecule has 0 aliphatic rings. The summed E-state index contributed by atoms with van der Waals surface area (Å²) in [5.74, 6) is 1.42. The maximum absolute atomic E-state index is 9.96. The van der Waals surface area contributed by atoms with Crippen molar-refractivity contribution in [1.29, 1.82) is 0 Å². The van der Waals surface area contributed by atoms with Crippen molar-refractivity contribution < 1.29 is 14.4 Å². The molecule has 6 heteroatoms. The monoisotopic (exact) mass is 288 g/mol. The van der Waals surface area contributed by atoms with E-state index < -0.39 is 0 Å². The summed E-state index contributed by atoms with van der Waals surface area (Å²) in [5.41, 5.74) is 2.52. The average Bonchev–Trinajstić information content (AvgIpc) is 3.07. The Bertz CT molecular complexity index is 748. The van der Waals surface area contributed by atoms with Crippen molar-refractivity contribution in [3.05, 3.63) is 34.5 Å². The van der Waals surface area contributed by atoms with Crippen molar-refractivity contribution in [2.45, 2.75) is 6.92 Å². The van der Waals surface area contributed by atoms with Crippen LogP contribution in [-0.4, -0.2) is 22.4 Å². The molecular weight excluding hydrogens is 276 g/mol. The van der Waals surface area contributed by atoms with Crippen molar-refractivity contribution in [1.82, 2.24) is 10.1 Å². The van der Waals surface area contributed by atoms with E-state index in [9.17, 15) is 5.11 Å². The summed E-state index contributed by atoms with van der Waals surface area (Å²) in [4.78, 5) is 4.33. The van der Waals surface area contributed by atoms with E-state index in [-0.39, 0.29) is 11.6 Å². The quantitative estimate of drug-likeness (QED) is 0.799. The molecule has 0 aliphatic carbocycles. The molecule has 2 aromatic heterocycles. The molecule has 5 nitrogen and oxygen atoms in total. The van der Waals surface area contributed by atoms with Crippen molar-refractivity contribution in [3.63, 3.8) is 0 Å². The lowest BCUT2D eigenvalue weighted by Gasteiger charge is -2.02. The van der Waals surface area contributed by atoms with Gasteiger partial charge >= 0.3 is 0 Å². The van der Waals surface area contributed by atoms with Crippen LogP contribution in [0.2, 0.25) is 0 Å². The number of nitrogens with zero attached hydrogens (tertiary/aromatic N) is 2. The first kappa shape index (κ1) is 12.7. The molecule has 2 heterocycles. The van der Waals surface area contributed by atoms with Crippen LogP contribution >= 0.6 is 11.3 Å². The summed E-state index contributed by atoms with van der Waals surface area (Å²) in [7, 11) is 1.54. The van der Waals surface area contributed by atoms with Gasteiger partial charge in [-0.3, -0.25) is 0 Å². The number of thiophene rings is 1. The van der Waals surface area contributed by atoms with E-state index in [4.69, 9.17) is 9.26 Å². The predicted octanol–water partition coefficient (Wildman–Crippen LogP) is 3.49. The normalized spacial score (nSPS) is 10.7. The highest BCUT2D eigenvalue weighted by molar-refractivity contribution is 7.08. The Balaban J connectivity index is 2.00. The highest BCUT2D eigenvalue weighted by atomic mass is 32.1. The van der Waals surface area contributed by atoms with Crippen LogP contribution in [0.4, 0.5) is 0 Å². The second kappa shape index (κ2) is 4.97. The molecule has 0 saturated carbocycles. The Morgan fingerprint density at radius 1 is 1.25 bits per heavy atom. The molecule has 3 rings (SSSR count). The van der Waals surface area contributed by atoms with Crippen LogP contribution in [0.3, 0.4) is 0 Å². The number of phenolic OH excluding ortho intramolecular Hbond substituents is 1. The third kappa shape index (κ3) is 2.14. The fourth-order valence-electron chi connectivity index (χ4n) is 1.85. The van der Waals surface area contributed by atoms with Crippen LogP contribution in [0.5, 0.6) is 11.5 Å². The molecular formula is C14H12N2O3S. The van der Waals surface area contributed by atoms with Gasteiger partial charge in [0, 0.05) is 17.0 Å². The van der Waals surface area contributed by atoms with Gasteiger partial charge in [0.1, 0.15) is 11.5 Å². The minimum Gasteiger partial charge on any atom is -0.507 e. The summed E-state index contributed by atoms with van der Waals surface area (Å²) >= 11 is 1.59. The van der Waals surface area contributed by atoms with E-state index >= 15 is 0 Å². The standard InChI is InChI=1S/C14H12N2O3S/c1-8-6-20-7-11(8)13-15-14(19-16-13)10-4-3-9(18-2)5-12(10)17/h3-7,17H,1-2H3. The van der Waals surface area contributed by atoms with Crippen molar-refractivity contribution in [2.24, 2.45) is 0 Å². The van der Waals surface area contributed by atoms with Gasteiger partial charge in [-0.15, -0.1) is 0 Å². The molecule has 102 valence electrons. The topological polar surface area (TPSA) is 68.4 Å². The van der Waals surface area contributed by atoms with Crippen molar-refractivity contribution in [3.8, 4) is 34.3 Å². The third-order valence-corrected chi connectivity index (χ3v) is 3.82. The number of phenols is 1. The molecule has 0 saturated heterocycles. The molecule has 0 unspecified atom stereocenters. The minimum atomic E-state index is 0.0431. The zero-order valence-corrected chi connectivity index (χ0v) is 11.8. The molecule has 1 N–H and O–H groups in total. The molecule has 20 heavy (non-hydrogen) atoms. The minimum absolute atomic E-state index is 0.0431. The summed E-state index contributed by atoms with van der Waals surface area (Å²) < 4.78 is 10.3. The predicted molar refractivity (Wildman–Crippen MR) is 76.0 cm³/mol. The van der Waals surface area contributed by atoms with Crippen LogP contribution in [0.25, 0.3) is 22.8 Å². The Morgan fingerprint density at radius 2 is 2.10 bits per heavy atom. The van der Waals surface area contributed by atoms with E-state index in [0.29, 0.717) is 17.1 Å². The van der Waals surface area contributed by atoms with E-state index in [1.165, 1.54) is 6.07 Å². The van der Waals surface area contributed by atoms with E-state index in [1.54, 1.807) is 30.6 Å². The Morgan fingerprint density at radius 3 is 2.75 bits per heavy atom. The molecule has 1 aromatic carbocycles. The Kier molecular flexibility index (Phi) is 3.15. The van der Waals surface area contributed by atoms with E-state index in [1.807, 2.05) is 17.7 Å². The second-order valence-corrected chi connectivity index (χ2v) is 5.02. The smallest absolute Gasteiger partial charge is 0.262 e. The first-order valence-electron chi connectivity index (χ1n) is 5.93. The summed E-state index contributed by atoms with van der Waals surface area (Å²) in [5, 5.41) is 17.9. The summed E-state index contributed by atoms with van der Waals surface area (Å²) in [6, 6.07) is 4.93. The number of hydrogen-bond acceptors (Lipinski definition) is 6. The van der Waals surface area contributed by atoms with Gasteiger partial charge in [0.25, 0.3) is 5.89 Å². The summed E-state index contributed by atoms with van der Waals surface area (Å²) in [6.45, 7) is 1.99. The fourth-order valence-corrected chi connectivity index (χ4v) is 2.68. The van der Waals surface area contributed by atoms with Gasteiger partial charge in [-0.25, -0.2) is 0 Å². The van der Waals surface area contributed by atoms with Gasteiger partial charge in [0.15, 0.2) is 0 Å². The van der Waals surface area contributed by atoms with Crippen molar-refractivity contribution >= 4 is 11.3 Å². The molecule has 0 spiro atoms. The van der Waals surface area contributed by atoms with Crippen molar-refractivity contribution in [2.75, 3.05) is 7.11 Å². The number of aryl methyl sites for hydroxylation is 1. The fraction of sp³-hybridized carbons (Fsp3) is 0.143. The maximum Gasteiger partial charge on any atom is 0.262 e. The van der Waals surface area contributed by atoms with E-state index in [2.05, 4.69) is 10.1 Å². The van der Waals surface area contributed by atoms with Crippen LogP contribution < -0.4 is 4.74 Å². The first-order valence-corrected chi connectivity index (χ1v) is 6.87. The van der Waals surface area contributed by atoms with Gasteiger partial charge in [0.05, 0.1) is 12.7 Å². The van der Waals surface area contributed by atoms with Gasteiger partial charge in [0.2, 0.25) is 5.82 Å². The number of aromatic nitrogens is 2. The Labute approximate surface area is 119 Å². The number of aromatic hydroxyl groups is 1. The molecule has 0 bridgehead atoms. The van der Waals surface area contributed by atoms with Gasteiger partial charge in [-0.1, -0.05) is 5.16 Å². The maximum atomic E-state index is 9.96. The zero-order chi connectivity index (χ0) is 14.1. The lowest BCUT2D eigenvalue weighted by molar-refractivity contribution is 0.405. The molecule has 3 aromatic rings. The SMILES string of the molecule is COc1ccc(-c2nc(-c3cscc3C)no2)c(O)c1. The molecule has 0 amide bonds. The third-order valence-electron chi connectivity index (χ3n) is 2.96. The van der Waals surface area contributed by atoms with Gasteiger partial charge < -0.3 is 14.4 Å². The number of rotatable bonds is 3. The second-order valence-electron chi connectivity index (χ2n) is 4.27. The number of ether oxygens (including phenoxy) is 1. The summed E-state index contributed by atoms with van der Waals surface area (Å²) in [6.07, 6.45) is 0. The zero-order valence-electron chi connectivity index (χ0n) is 11.0. The average molecular weight is 288 g/mol. The lowest BCUT2D eigenvalue weighted by Crippen LogP contribution is -1.85. The highest BCUT2D eigenvalue weighted by Gasteiger charge is 2.16. The first-order chi connectivity index (χ1) is 9.69. The molecule has 0 aliphatic heterocycles. The van der Waals surface area contributed by atoms with E-state index in [0.717, 1.165) is 11.1 Å². The number of hydrogen-bond donors (Lipinski definition) is 1. The Hall–Kier alpha value is -2.34. The molecule has 0 radical (unpaired) electrons. The number of methoxy groups -OCH3 is 1. The van der Waals surface area contributed by atoms with Crippen LogP contribution in [-0.2, 0) is 0 Å². The van der Waals surface area contributed by atoms with Crippen LogP contribution in [0, 0.1) is 6.92 Å². The number of benzene rings is 1. The molecule has 0 fully saturated rings. The van der Waals surface area contributed by atoms with Crippen LogP contribution in [0.1, 0.15) is 5.56 Å². The lowest BCUT2D eigenvalue weighted by atomic mass is 10.2.